The average Bonchev–Trinajstić information content (AvgIpc) is 2.76. The molecule has 0 fully saturated rings. The number of rotatable bonds is 4. The van der Waals surface area contributed by atoms with Gasteiger partial charge in [0, 0.05) is 6.42 Å². The van der Waals surface area contributed by atoms with Crippen LogP contribution in [0, 0.1) is 0 Å². The van der Waals surface area contributed by atoms with Gasteiger partial charge in [-0.2, -0.15) is 5.06 Å². The summed E-state index contributed by atoms with van der Waals surface area (Å²) in [6.07, 6.45) is 0.495. The zero-order chi connectivity index (χ0) is 19.5. The fourth-order valence-corrected chi connectivity index (χ4v) is 3.49. The van der Waals surface area contributed by atoms with Gasteiger partial charge in [-0.05, 0) is 29.2 Å². The number of amides is 1. The molecular weight excluding hydrogens is 348 g/mol. The van der Waals surface area contributed by atoms with Gasteiger partial charge in [-0.3, -0.25) is 10.0 Å². The number of carbonyl (C=O) groups excluding carboxylic acids is 1. The number of nitrogens with one attached hydrogen (secondary N) is 1. The molecule has 1 aliphatic rings. The lowest BCUT2D eigenvalue weighted by molar-refractivity contribution is -0.160. The summed E-state index contributed by atoms with van der Waals surface area (Å²) in [7, 11) is 0. The van der Waals surface area contributed by atoms with Crippen LogP contribution in [-0.4, -0.2) is 22.2 Å². The van der Waals surface area contributed by atoms with E-state index in [0.717, 1.165) is 33.0 Å². The third-order valence-corrected chi connectivity index (χ3v) is 5.07. The fraction of sp³-hybridized carbons (Fsp3) is 0.125. The van der Waals surface area contributed by atoms with Gasteiger partial charge in [-0.25, -0.2) is 0 Å². The molecule has 3 aromatic rings. The molecule has 1 aliphatic heterocycles. The molecule has 3 aromatic carbocycles. The first-order valence-corrected chi connectivity index (χ1v) is 9.33. The Morgan fingerprint density at radius 1 is 0.821 bits per heavy atom. The smallest absolute Gasteiger partial charge is 0.273 e. The minimum atomic E-state index is -0.522. The van der Waals surface area contributed by atoms with Crippen molar-refractivity contribution >= 4 is 11.6 Å². The molecule has 0 saturated carbocycles. The summed E-state index contributed by atoms with van der Waals surface area (Å²) in [6, 6.07) is 27.6. The molecule has 1 atom stereocenters. The molecule has 4 rings (SSSR count). The van der Waals surface area contributed by atoms with Crippen LogP contribution in [0.2, 0.25) is 0 Å². The molecule has 0 saturated heterocycles. The topological polar surface area (TPSA) is 52.6 Å². The number of hydrogen-bond donors (Lipinski definition) is 2. The van der Waals surface area contributed by atoms with Crippen LogP contribution in [0.3, 0.4) is 0 Å². The van der Waals surface area contributed by atoms with Gasteiger partial charge in [0.2, 0.25) is 0 Å². The summed E-state index contributed by atoms with van der Waals surface area (Å²) in [5.74, 6) is -0.343. The lowest BCUT2D eigenvalue weighted by Gasteiger charge is -2.32. The molecule has 1 amide bonds. The third kappa shape index (κ3) is 3.55. The third-order valence-electron chi connectivity index (χ3n) is 5.07. The molecule has 4 heteroatoms. The first-order chi connectivity index (χ1) is 13.6. The van der Waals surface area contributed by atoms with E-state index in [4.69, 9.17) is 0 Å². The van der Waals surface area contributed by atoms with Crippen LogP contribution >= 0.6 is 0 Å². The van der Waals surface area contributed by atoms with Gasteiger partial charge in [0.05, 0.1) is 11.4 Å². The highest BCUT2D eigenvalue weighted by atomic mass is 16.5. The Bertz CT molecular complexity index is 996. The lowest BCUT2D eigenvalue weighted by Crippen LogP contribution is -2.50. The molecule has 0 bridgehead atoms. The molecule has 4 nitrogen and oxygen atoms in total. The monoisotopic (exact) mass is 370 g/mol. The molecule has 28 heavy (non-hydrogen) atoms. The largest absolute Gasteiger partial charge is 0.371 e. The van der Waals surface area contributed by atoms with Crippen molar-refractivity contribution in [1.29, 1.82) is 0 Å². The van der Waals surface area contributed by atoms with E-state index >= 15 is 0 Å². The second-order valence-corrected chi connectivity index (χ2v) is 6.94. The Labute approximate surface area is 164 Å². The summed E-state index contributed by atoms with van der Waals surface area (Å²) < 4.78 is 0. The van der Waals surface area contributed by atoms with Gasteiger partial charge in [0.15, 0.2) is 0 Å². The van der Waals surface area contributed by atoms with E-state index in [9.17, 15) is 10.0 Å². The minimum absolute atomic E-state index is 0.343. The number of carbonyl (C=O) groups is 1. The van der Waals surface area contributed by atoms with Crippen molar-refractivity contribution in [3.63, 3.8) is 0 Å². The van der Waals surface area contributed by atoms with E-state index in [1.807, 2.05) is 60.7 Å². The highest BCUT2D eigenvalue weighted by Crippen LogP contribution is 2.25. The summed E-state index contributed by atoms with van der Waals surface area (Å²) in [5, 5.41) is 14.4. The summed E-state index contributed by atoms with van der Waals surface area (Å²) in [6.45, 7) is 1.73. The Kier molecular flexibility index (Phi) is 4.96. The molecule has 2 N–H and O–H groups in total. The normalized spacial score (nSPS) is 16.9. The number of nitrogens with zero attached hydrogens (tertiary/aromatic N) is 1. The molecule has 140 valence electrons. The van der Waals surface area contributed by atoms with Crippen LogP contribution in [0.1, 0.15) is 18.1 Å². The Morgan fingerprint density at radius 2 is 1.36 bits per heavy atom. The number of hydrogen-bond acceptors (Lipinski definition) is 3. The minimum Gasteiger partial charge on any atom is -0.371 e. The summed E-state index contributed by atoms with van der Waals surface area (Å²) in [4.78, 5) is 12.6. The summed E-state index contributed by atoms with van der Waals surface area (Å²) >= 11 is 0. The fourth-order valence-electron chi connectivity index (χ4n) is 3.49. The van der Waals surface area contributed by atoms with Crippen molar-refractivity contribution < 1.29 is 10.0 Å². The van der Waals surface area contributed by atoms with Gasteiger partial charge in [-0.15, -0.1) is 0 Å². The maximum absolute atomic E-state index is 12.6. The van der Waals surface area contributed by atoms with Crippen LogP contribution in [0.4, 0.5) is 0 Å². The molecule has 0 radical (unpaired) electrons. The number of allylic oxidation sites excluding steroid dienone is 1. The van der Waals surface area contributed by atoms with Crippen molar-refractivity contribution in [2.75, 3.05) is 0 Å². The van der Waals surface area contributed by atoms with E-state index in [1.165, 1.54) is 0 Å². The van der Waals surface area contributed by atoms with Gasteiger partial charge < -0.3 is 5.32 Å². The lowest BCUT2D eigenvalue weighted by atomic mass is 9.98. The number of benzene rings is 3. The zero-order valence-corrected chi connectivity index (χ0v) is 15.7. The first kappa shape index (κ1) is 18.0. The van der Waals surface area contributed by atoms with Crippen LogP contribution in [-0.2, 0) is 11.2 Å². The highest BCUT2D eigenvalue weighted by Gasteiger charge is 2.32. The molecule has 0 aliphatic carbocycles. The van der Waals surface area contributed by atoms with Crippen LogP contribution in [0.25, 0.3) is 16.8 Å². The SMILES string of the molecule is CC1=C(c2ccccc2)NC(Cc2ccc(-c3ccccc3)cc2)C(=O)N1O. The van der Waals surface area contributed by atoms with E-state index < -0.39 is 6.04 Å². The second kappa shape index (κ2) is 7.71. The van der Waals surface area contributed by atoms with Crippen molar-refractivity contribution in [1.82, 2.24) is 10.4 Å². The maximum atomic E-state index is 12.6. The highest BCUT2D eigenvalue weighted by molar-refractivity contribution is 5.89. The van der Waals surface area contributed by atoms with Gasteiger partial charge in [0.25, 0.3) is 5.91 Å². The molecule has 0 aromatic heterocycles. The van der Waals surface area contributed by atoms with Crippen LogP contribution in [0.15, 0.2) is 90.6 Å². The van der Waals surface area contributed by atoms with Crippen molar-refractivity contribution in [3.8, 4) is 11.1 Å². The standard InChI is InChI=1S/C24H22N2O2/c1-17-23(21-10-6-3-7-11-21)25-22(24(27)26(17)28)16-18-12-14-20(15-13-18)19-8-4-2-5-9-19/h2-15,22,25,28H,16H2,1H3. The van der Waals surface area contributed by atoms with E-state index in [0.29, 0.717) is 12.1 Å². The van der Waals surface area contributed by atoms with Gasteiger partial charge in [-0.1, -0.05) is 84.9 Å². The van der Waals surface area contributed by atoms with E-state index in [2.05, 4.69) is 29.6 Å². The van der Waals surface area contributed by atoms with Crippen molar-refractivity contribution in [2.45, 2.75) is 19.4 Å². The zero-order valence-electron chi connectivity index (χ0n) is 15.7. The second-order valence-electron chi connectivity index (χ2n) is 6.94. The van der Waals surface area contributed by atoms with Gasteiger partial charge in [0.1, 0.15) is 6.04 Å². The van der Waals surface area contributed by atoms with E-state index in [-0.39, 0.29) is 5.91 Å². The Balaban J connectivity index is 1.55. The van der Waals surface area contributed by atoms with Crippen molar-refractivity contribution in [2.24, 2.45) is 0 Å². The van der Waals surface area contributed by atoms with Crippen LogP contribution in [0.5, 0.6) is 0 Å². The predicted octanol–water partition coefficient (Wildman–Crippen LogP) is 4.47. The Morgan fingerprint density at radius 3 is 1.96 bits per heavy atom. The summed E-state index contributed by atoms with van der Waals surface area (Å²) in [5.41, 5.74) is 5.55. The van der Waals surface area contributed by atoms with E-state index in [1.54, 1.807) is 6.92 Å². The number of hydroxylamine groups is 2. The molecular formula is C24H22N2O2. The quantitative estimate of drug-likeness (QED) is 0.666. The van der Waals surface area contributed by atoms with Crippen molar-refractivity contribution in [3.05, 3.63) is 102 Å². The van der Waals surface area contributed by atoms with Crippen LogP contribution < -0.4 is 5.32 Å². The average molecular weight is 370 g/mol. The first-order valence-electron chi connectivity index (χ1n) is 9.33. The van der Waals surface area contributed by atoms with Gasteiger partial charge >= 0.3 is 0 Å². The maximum Gasteiger partial charge on any atom is 0.273 e. The Hall–Kier alpha value is -3.37. The predicted molar refractivity (Wildman–Crippen MR) is 110 cm³/mol. The molecule has 0 spiro atoms. The molecule has 1 unspecified atom stereocenters. The molecule has 1 heterocycles.